The molecule has 3 rings (SSSR count). The second-order valence-corrected chi connectivity index (χ2v) is 6.36. The van der Waals surface area contributed by atoms with Crippen LogP contribution in [0.4, 0.5) is 0 Å². The molecule has 5 nitrogen and oxygen atoms in total. The SMILES string of the molecule is COc1ccc(C(=O)C2CCCN(Cc3ccncc3)C2)cc1OC. The zero-order valence-corrected chi connectivity index (χ0v) is 14.8. The van der Waals surface area contributed by atoms with Crippen LogP contribution in [-0.2, 0) is 6.54 Å². The van der Waals surface area contributed by atoms with E-state index in [9.17, 15) is 4.79 Å². The van der Waals surface area contributed by atoms with Crippen molar-refractivity contribution in [3.63, 3.8) is 0 Å². The molecule has 0 spiro atoms. The van der Waals surface area contributed by atoms with Gasteiger partial charge in [-0.3, -0.25) is 14.7 Å². The Hall–Kier alpha value is -2.40. The molecule has 0 radical (unpaired) electrons. The second-order valence-electron chi connectivity index (χ2n) is 6.36. The maximum absolute atomic E-state index is 12.9. The smallest absolute Gasteiger partial charge is 0.167 e. The predicted molar refractivity (Wildman–Crippen MR) is 96.1 cm³/mol. The third-order valence-corrected chi connectivity index (χ3v) is 4.70. The molecule has 1 fully saturated rings. The fourth-order valence-corrected chi connectivity index (χ4v) is 3.38. The van der Waals surface area contributed by atoms with Gasteiger partial charge < -0.3 is 9.47 Å². The zero-order chi connectivity index (χ0) is 17.6. The van der Waals surface area contributed by atoms with Crippen LogP contribution >= 0.6 is 0 Å². The Morgan fingerprint density at radius 2 is 1.92 bits per heavy atom. The highest BCUT2D eigenvalue weighted by atomic mass is 16.5. The maximum Gasteiger partial charge on any atom is 0.167 e. The summed E-state index contributed by atoms with van der Waals surface area (Å²) >= 11 is 0. The number of methoxy groups -OCH3 is 2. The third kappa shape index (κ3) is 4.17. The average molecular weight is 340 g/mol. The first-order valence-corrected chi connectivity index (χ1v) is 8.58. The molecule has 1 aromatic heterocycles. The van der Waals surface area contributed by atoms with Crippen molar-refractivity contribution in [3.8, 4) is 11.5 Å². The molecule has 0 N–H and O–H groups in total. The Bertz CT molecular complexity index is 718. The first-order valence-electron chi connectivity index (χ1n) is 8.58. The maximum atomic E-state index is 12.9. The number of piperidine rings is 1. The number of ketones is 1. The predicted octanol–water partition coefficient (Wildman–Crippen LogP) is 3.19. The molecule has 1 aliphatic heterocycles. The summed E-state index contributed by atoms with van der Waals surface area (Å²) in [4.78, 5) is 19.3. The number of aromatic nitrogens is 1. The molecule has 0 amide bonds. The number of pyridine rings is 1. The minimum Gasteiger partial charge on any atom is -0.493 e. The Kier molecular flexibility index (Phi) is 5.66. The second kappa shape index (κ2) is 8.12. The van der Waals surface area contributed by atoms with Crippen molar-refractivity contribution < 1.29 is 14.3 Å². The number of benzene rings is 1. The lowest BCUT2D eigenvalue weighted by atomic mass is 9.89. The lowest BCUT2D eigenvalue weighted by Gasteiger charge is -2.32. The van der Waals surface area contributed by atoms with Gasteiger partial charge in [0, 0.05) is 37.0 Å². The lowest BCUT2D eigenvalue weighted by Crippen LogP contribution is -2.38. The van der Waals surface area contributed by atoms with Gasteiger partial charge in [0.25, 0.3) is 0 Å². The largest absolute Gasteiger partial charge is 0.493 e. The summed E-state index contributed by atoms with van der Waals surface area (Å²) in [6, 6.07) is 9.46. The van der Waals surface area contributed by atoms with E-state index in [4.69, 9.17) is 9.47 Å². The fraction of sp³-hybridized carbons (Fsp3) is 0.400. The molecule has 2 heterocycles. The summed E-state index contributed by atoms with van der Waals surface area (Å²) in [5.41, 5.74) is 1.92. The highest BCUT2D eigenvalue weighted by Gasteiger charge is 2.27. The van der Waals surface area contributed by atoms with E-state index in [2.05, 4.69) is 9.88 Å². The van der Waals surface area contributed by atoms with Gasteiger partial charge in [-0.05, 0) is 55.3 Å². The Labute approximate surface area is 148 Å². The van der Waals surface area contributed by atoms with Gasteiger partial charge >= 0.3 is 0 Å². The molecular weight excluding hydrogens is 316 g/mol. The lowest BCUT2D eigenvalue weighted by molar-refractivity contribution is 0.0811. The molecule has 1 saturated heterocycles. The Morgan fingerprint density at radius 1 is 1.16 bits per heavy atom. The molecule has 1 unspecified atom stereocenters. The van der Waals surface area contributed by atoms with Gasteiger partial charge in [-0.1, -0.05) is 0 Å². The molecular formula is C20H24N2O3. The summed E-state index contributed by atoms with van der Waals surface area (Å²) in [6.45, 7) is 2.67. The van der Waals surface area contributed by atoms with Crippen LogP contribution in [0.25, 0.3) is 0 Å². The van der Waals surface area contributed by atoms with Crippen molar-refractivity contribution in [2.24, 2.45) is 5.92 Å². The molecule has 1 aliphatic rings. The molecule has 5 heteroatoms. The molecule has 2 aromatic rings. The van der Waals surface area contributed by atoms with Crippen LogP contribution in [0.3, 0.4) is 0 Å². The topological polar surface area (TPSA) is 51.7 Å². The van der Waals surface area contributed by atoms with Crippen LogP contribution in [0.1, 0.15) is 28.8 Å². The number of ether oxygens (including phenoxy) is 2. The number of likely N-dealkylation sites (tertiary alicyclic amines) is 1. The van der Waals surface area contributed by atoms with E-state index in [0.29, 0.717) is 17.1 Å². The number of rotatable bonds is 6. The van der Waals surface area contributed by atoms with Crippen molar-refractivity contribution in [3.05, 3.63) is 53.9 Å². The standard InChI is InChI=1S/C20H24N2O3/c1-24-18-6-5-16(12-19(18)25-2)20(23)17-4-3-11-22(14-17)13-15-7-9-21-10-8-15/h5-10,12,17H,3-4,11,13-14H2,1-2H3. The molecule has 1 atom stereocenters. The number of nitrogens with zero attached hydrogens (tertiary/aromatic N) is 2. The van der Waals surface area contributed by atoms with Gasteiger partial charge in [-0.15, -0.1) is 0 Å². The first-order chi connectivity index (χ1) is 12.2. The van der Waals surface area contributed by atoms with Crippen molar-refractivity contribution in [1.82, 2.24) is 9.88 Å². The fourth-order valence-electron chi connectivity index (χ4n) is 3.38. The molecule has 25 heavy (non-hydrogen) atoms. The average Bonchev–Trinajstić information content (AvgIpc) is 2.68. The molecule has 0 saturated carbocycles. The number of Topliss-reactive ketones (excluding diaryl/α,β-unsaturated/α-hetero) is 1. The van der Waals surface area contributed by atoms with Crippen LogP contribution < -0.4 is 9.47 Å². The van der Waals surface area contributed by atoms with Crippen LogP contribution in [0.15, 0.2) is 42.7 Å². The van der Waals surface area contributed by atoms with Crippen molar-refractivity contribution in [2.45, 2.75) is 19.4 Å². The number of carbonyl (C=O) groups excluding carboxylic acids is 1. The van der Waals surface area contributed by atoms with Crippen molar-refractivity contribution in [1.29, 1.82) is 0 Å². The monoisotopic (exact) mass is 340 g/mol. The molecule has 0 aliphatic carbocycles. The van der Waals surface area contributed by atoms with Gasteiger partial charge in [0.2, 0.25) is 0 Å². The van der Waals surface area contributed by atoms with E-state index in [1.807, 2.05) is 30.6 Å². The minimum atomic E-state index is 0.0219. The number of hydrogen-bond acceptors (Lipinski definition) is 5. The van der Waals surface area contributed by atoms with Crippen LogP contribution in [0, 0.1) is 5.92 Å². The number of hydrogen-bond donors (Lipinski definition) is 0. The van der Waals surface area contributed by atoms with E-state index < -0.39 is 0 Å². The summed E-state index contributed by atoms with van der Waals surface area (Å²) in [7, 11) is 3.18. The highest BCUT2D eigenvalue weighted by Crippen LogP contribution is 2.30. The van der Waals surface area contributed by atoms with Crippen molar-refractivity contribution in [2.75, 3.05) is 27.3 Å². The minimum absolute atomic E-state index is 0.0219. The summed E-state index contributed by atoms with van der Waals surface area (Å²) in [5, 5.41) is 0. The van der Waals surface area contributed by atoms with E-state index in [-0.39, 0.29) is 11.7 Å². The van der Waals surface area contributed by atoms with Gasteiger partial charge in [0.05, 0.1) is 14.2 Å². The van der Waals surface area contributed by atoms with E-state index in [0.717, 1.165) is 32.5 Å². The van der Waals surface area contributed by atoms with Gasteiger partial charge in [-0.2, -0.15) is 0 Å². The number of carbonyl (C=O) groups is 1. The molecule has 1 aromatic carbocycles. The normalized spacial score (nSPS) is 17.9. The molecule has 0 bridgehead atoms. The Morgan fingerprint density at radius 3 is 2.64 bits per heavy atom. The van der Waals surface area contributed by atoms with Crippen molar-refractivity contribution >= 4 is 5.78 Å². The van der Waals surface area contributed by atoms with Crippen LogP contribution in [-0.4, -0.2) is 43.0 Å². The van der Waals surface area contributed by atoms with Crippen LogP contribution in [0.5, 0.6) is 11.5 Å². The summed E-state index contributed by atoms with van der Waals surface area (Å²) < 4.78 is 10.6. The van der Waals surface area contributed by atoms with E-state index in [1.54, 1.807) is 26.4 Å². The summed E-state index contributed by atoms with van der Waals surface area (Å²) in [5.74, 6) is 1.44. The summed E-state index contributed by atoms with van der Waals surface area (Å²) in [6.07, 6.45) is 5.59. The van der Waals surface area contributed by atoms with Gasteiger partial charge in [0.15, 0.2) is 17.3 Å². The Balaban J connectivity index is 1.69. The zero-order valence-electron chi connectivity index (χ0n) is 14.8. The quantitative estimate of drug-likeness (QED) is 0.756. The van der Waals surface area contributed by atoms with Gasteiger partial charge in [-0.25, -0.2) is 0 Å². The van der Waals surface area contributed by atoms with Crippen LogP contribution in [0.2, 0.25) is 0 Å². The first kappa shape index (κ1) is 17.4. The van der Waals surface area contributed by atoms with Gasteiger partial charge in [0.1, 0.15) is 0 Å². The highest BCUT2D eigenvalue weighted by molar-refractivity contribution is 5.98. The molecule has 132 valence electrons. The third-order valence-electron chi connectivity index (χ3n) is 4.70. The van der Waals surface area contributed by atoms with E-state index >= 15 is 0 Å². The van der Waals surface area contributed by atoms with E-state index in [1.165, 1.54) is 5.56 Å².